The van der Waals surface area contributed by atoms with Gasteiger partial charge in [-0.2, -0.15) is 0 Å². The summed E-state index contributed by atoms with van der Waals surface area (Å²) >= 11 is 0. The highest BCUT2D eigenvalue weighted by atomic mass is 16.5. The van der Waals surface area contributed by atoms with Gasteiger partial charge in [-0.15, -0.1) is 0 Å². The number of ether oxygens (including phenoxy) is 4. The van der Waals surface area contributed by atoms with Gasteiger partial charge in [0.1, 0.15) is 5.76 Å². The van der Waals surface area contributed by atoms with Gasteiger partial charge in [0.15, 0.2) is 0 Å². The average Bonchev–Trinajstić information content (AvgIpc) is 3.01. The van der Waals surface area contributed by atoms with Gasteiger partial charge < -0.3 is 24.1 Å². The maximum Gasteiger partial charge on any atom is 0.334 e. The van der Waals surface area contributed by atoms with Crippen molar-refractivity contribution in [1.82, 2.24) is 0 Å². The van der Waals surface area contributed by atoms with Crippen LogP contribution in [0.5, 0.6) is 0 Å². The predicted octanol–water partition coefficient (Wildman–Crippen LogP) is 11.1. The average molecular weight is 673 g/mol. The third-order valence-corrected chi connectivity index (χ3v) is 13.3. The molecule has 0 aromatic rings. The van der Waals surface area contributed by atoms with Crippen molar-refractivity contribution in [1.29, 1.82) is 0 Å². The minimum absolute atomic E-state index is 0.0939. The Bertz CT molecular complexity index is 1010. The Labute approximate surface area is 293 Å². The maximum atomic E-state index is 12.4. The standard InChI is InChI=1S/C42H72O6/c1-4-6-18-40(22-26-47-40)20-14-10-8-12-16-24-45-37(34(3)38(43)44)39-29-35-28-36(30-39)32-42(31-35,33-39)46-25-17-13-9-11-15-21-41(19-7-5-2)23-27-48-41/h35-36H,4-33H2,1-3H3,(H,43,44). The van der Waals surface area contributed by atoms with E-state index in [0.717, 1.165) is 76.9 Å². The molecule has 6 heteroatoms. The molecule has 4 atom stereocenters. The Morgan fingerprint density at radius 1 is 0.688 bits per heavy atom. The summed E-state index contributed by atoms with van der Waals surface area (Å²) in [5, 5.41) is 10.1. The van der Waals surface area contributed by atoms with Crippen molar-refractivity contribution in [2.45, 2.75) is 205 Å². The van der Waals surface area contributed by atoms with Crippen molar-refractivity contribution in [2.24, 2.45) is 17.3 Å². The van der Waals surface area contributed by atoms with Crippen molar-refractivity contribution >= 4 is 5.97 Å². The molecule has 2 saturated heterocycles. The minimum atomic E-state index is -0.828. The van der Waals surface area contributed by atoms with Crippen molar-refractivity contribution in [3.05, 3.63) is 11.3 Å². The van der Waals surface area contributed by atoms with Crippen LogP contribution >= 0.6 is 0 Å². The molecule has 0 aromatic heterocycles. The van der Waals surface area contributed by atoms with E-state index >= 15 is 0 Å². The summed E-state index contributed by atoms with van der Waals surface area (Å²) in [6.45, 7) is 9.69. The van der Waals surface area contributed by atoms with Gasteiger partial charge in [0.05, 0.1) is 42.2 Å². The van der Waals surface area contributed by atoms with Gasteiger partial charge in [0.2, 0.25) is 0 Å². The molecule has 6 rings (SSSR count). The quantitative estimate of drug-likeness (QED) is 0.0560. The molecule has 276 valence electrons. The predicted molar refractivity (Wildman–Crippen MR) is 193 cm³/mol. The summed E-state index contributed by atoms with van der Waals surface area (Å²) < 4.78 is 25.5. The van der Waals surface area contributed by atoms with Gasteiger partial charge in [-0.3, -0.25) is 0 Å². The van der Waals surface area contributed by atoms with E-state index in [1.165, 1.54) is 116 Å². The zero-order valence-electron chi connectivity index (χ0n) is 31.4. The molecule has 0 spiro atoms. The monoisotopic (exact) mass is 673 g/mol. The fraction of sp³-hybridized carbons (Fsp3) is 0.929. The number of rotatable bonds is 26. The molecule has 0 amide bonds. The SMILES string of the molecule is CCCCC1(CCCCCCCOC(=C(C)C(=O)O)C23CC4CC(CC(OCCCCCCCC5(CCCC)CCO5)(C4)C2)C3)CCO1. The van der Waals surface area contributed by atoms with Crippen LogP contribution in [0.3, 0.4) is 0 Å². The number of allylic oxidation sites excluding steroid dienone is 1. The number of unbranched alkanes of at least 4 members (excludes halogenated alkanes) is 10. The largest absolute Gasteiger partial charge is 0.497 e. The van der Waals surface area contributed by atoms with Gasteiger partial charge in [0.25, 0.3) is 0 Å². The zero-order chi connectivity index (χ0) is 33.9. The summed E-state index contributed by atoms with van der Waals surface area (Å²) in [4.78, 5) is 12.4. The van der Waals surface area contributed by atoms with Gasteiger partial charge in [-0.05, 0) is 109 Å². The highest BCUT2D eigenvalue weighted by Crippen LogP contribution is 2.65. The number of carboxylic acid groups (broad SMARTS) is 1. The number of hydrogen-bond acceptors (Lipinski definition) is 5. The molecule has 1 N–H and O–H groups in total. The Morgan fingerprint density at radius 2 is 1.17 bits per heavy atom. The minimum Gasteiger partial charge on any atom is -0.497 e. The summed E-state index contributed by atoms with van der Waals surface area (Å²) in [7, 11) is 0. The van der Waals surface area contributed by atoms with Crippen molar-refractivity contribution < 1.29 is 28.8 Å². The van der Waals surface area contributed by atoms with E-state index < -0.39 is 5.97 Å². The van der Waals surface area contributed by atoms with Crippen LogP contribution in [0.15, 0.2) is 11.3 Å². The number of carboxylic acids is 1. The van der Waals surface area contributed by atoms with Gasteiger partial charge >= 0.3 is 5.97 Å². The Balaban J connectivity index is 1.03. The molecular formula is C42H72O6. The van der Waals surface area contributed by atoms with E-state index in [2.05, 4.69) is 13.8 Å². The van der Waals surface area contributed by atoms with Crippen LogP contribution in [0.4, 0.5) is 0 Å². The number of aliphatic carboxylic acids is 1. The van der Waals surface area contributed by atoms with Crippen LogP contribution in [0.25, 0.3) is 0 Å². The van der Waals surface area contributed by atoms with Gasteiger partial charge in [-0.25, -0.2) is 4.79 Å². The lowest BCUT2D eigenvalue weighted by atomic mass is 9.47. The summed E-state index contributed by atoms with van der Waals surface area (Å²) in [6.07, 6.45) is 31.2. The summed E-state index contributed by atoms with van der Waals surface area (Å²) in [6, 6.07) is 0. The van der Waals surface area contributed by atoms with E-state index in [0.29, 0.717) is 24.0 Å². The van der Waals surface area contributed by atoms with Crippen molar-refractivity contribution in [2.75, 3.05) is 26.4 Å². The zero-order valence-corrected chi connectivity index (χ0v) is 31.4. The topological polar surface area (TPSA) is 74.2 Å². The Hall–Kier alpha value is -1.11. The van der Waals surface area contributed by atoms with Crippen LogP contribution in [0, 0.1) is 17.3 Å². The van der Waals surface area contributed by atoms with Crippen LogP contribution in [0.2, 0.25) is 0 Å². The normalized spacial score (nSPS) is 34.1. The van der Waals surface area contributed by atoms with Crippen LogP contribution in [-0.4, -0.2) is 54.3 Å². The molecule has 6 fully saturated rings. The molecule has 4 aliphatic carbocycles. The van der Waals surface area contributed by atoms with E-state index in [1.54, 1.807) is 6.92 Å². The molecule has 4 saturated carbocycles. The molecule has 0 aromatic carbocycles. The second-order valence-electron chi connectivity index (χ2n) is 17.2. The lowest BCUT2D eigenvalue weighted by Gasteiger charge is -2.62. The molecular weight excluding hydrogens is 600 g/mol. The van der Waals surface area contributed by atoms with E-state index in [1.807, 2.05) is 0 Å². The second-order valence-corrected chi connectivity index (χ2v) is 17.2. The first kappa shape index (κ1) is 38.1. The molecule has 48 heavy (non-hydrogen) atoms. The maximum absolute atomic E-state index is 12.4. The van der Waals surface area contributed by atoms with E-state index in [4.69, 9.17) is 18.9 Å². The molecule has 2 heterocycles. The molecule has 4 unspecified atom stereocenters. The van der Waals surface area contributed by atoms with Crippen LogP contribution < -0.4 is 0 Å². The summed E-state index contributed by atoms with van der Waals surface area (Å²) in [5.41, 5.74) is 0.567. The van der Waals surface area contributed by atoms with Crippen molar-refractivity contribution in [3.8, 4) is 0 Å². The van der Waals surface area contributed by atoms with Gasteiger partial charge in [0, 0.05) is 12.0 Å². The van der Waals surface area contributed by atoms with Crippen LogP contribution in [0.1, 0.15) is 188 Å². The fourth-order valence-electron chi connectivity index (χ4n) is 10.8. The van der Waals surface area contributed by atoms with E-state index in [9.17, 15) is 9.90 Å². The first-order valence-electron chi connectivity index (χ1n) is 20.8. The number of hydrogen-bond donors (Lipinski definition) is 1. The van der Waals surface area contributed by atoms with Gasteiger partial charge in [-0.1, -0.05) is 90.9 Å². The Morgan fingerprint density at radius 3 is 1.65 bits per heavy atom. The molecule has 6 aliphatic rings. The Kier molecular flexibility index (Phi) is 14.2. The van der Waals surface area contributed by atoms with E-state index in [-0.39, 0.29) is 22.2 Å². The van der Waals surface area contributed by atoms with Crippen LogP contribution in [-0.2, 0) is 23.7 Å². The fourth-order valence-corrected chi connectivity index (χ4v) is 10.8. The molecule has 0 radical (unpaired) electrons. The first-order valence-corrected chi connectivity index (χ1v) is 20.8. The molecule has 4 bridgehead atoms. The lowest BCUT2D eigenvalue weighted by Crippen LogP contribution is -2.57. The first-order chi connectivity index (χ1) is 23.3. The highest BCUT2D eigenvalue weighted by Gasteiger charge is 2.60. The van der Waals surface area contributed by atoms with Crippen molar-refractivity contribution in [3.63, 3.8) is 0 Å². The lowest BCUT2D eigenvalue weighted by molar-refractivity contribution is -0.193. The summed E-state index contributed by atoms with van der Waals surface area (Å²) in [5.74, 6) is 1.22. The third kappa shape index (κ3) is 9.81. The second kappa shape index (κ2) is 17.9. The molecule has 6 nitrogen and oxygen atoms in total. The highest BCUT2D eigenvalue weighted by molar-refractivity contribution is 5.86. The molecule has 2 aliphatic heterocycles. The smallest absolute Gasteiger partial charge is 0.334 e. The third-order valence-electron chi connectivity index (χ3n) is 13.3. The number of carbonyl (C=O) groups is 1.